The van der Waals surface area contributed by atoms with Crippen molar-refractivity contribution in [2.24, 2.45) is 7.05 Å². The zero-order valence-corrected chi connectivity index (χ0v) is 11.3. The number of nitrogens with one attached hydrogen (secondary N) is 1. The van der Waals surface area contributed by atoms with E-state index in [2.05, 4.69) is 5.10 Å². The summed E-state index contributed by atoms with van der Waals surface area (Å²) in [7, 11) is 1.61. The molecule has 1 heterocycles. The molecule has 0 spiro atoms. The molecule has 2 aromatic carbocycles. The van der Waals surface area contributed by atoms with Crippen LogP contribution in [0.4, 0.5) is 0 Å². The molecule has 3 aromatic rings. The van der Waals surface area contributed by atoms with E-state index >= 15 is 0 Å². The van der Waals surface area contributed by atoms with E-state index in [-0.39, 0.29) is 16.9 Å². The van der Waals surface area contributed by atoms with Crippen molar-refractivity contribution < 1.29 is 4.79 Å². The number of rotatable bonds is 2. The molecule has 0 saturated heterocycles. The molecule has 0 bridgehead atoms. The van der Waals surface area contributed by atoms with Crippen molar-refractivity contribution in [1.29, 1.82) is 0 Å². The number of hydrogen-bond donors (Lipinski definition) is 1. The largest absolute Gasteiger partial charge is 0.299 e. The van der Waals surface area contributed by atoms with E-state index in [1.54, 1.807) is 20.0 Å². The van der Waals surface area contributed by atoms with Crippen molar-refractivity contribution in [3.05, 3.63) is 69.6 Å². The van der Waals surface area contributed by atoms with Crippen LogP contribution < -0.4 is 5.56 Å². The Morgan fingerprint density at radius 2 is 1.80 bits per heavy atom. The minimum absolute atomic E-state index is 0.212. The topological polar surface area (TPSA) is 54.9 Å². The van der Waals surface area contributed by atoms with Crippen LogP contribution in [-0.2, 0) is 7.05 Å². The number of H-pyrrole nitrogens is 1. The maximum Gasteiger partial charge on any atom is 0.277 e. The van der Waals surface area contributed by atoms with Gasteiger partial charge in [-0.3, -0.25) is 19.4 Å². The highest BCUT2D eigenvalue weighted by Crippen LogP contribution is 2.21. The zero-order chi connectivity index (χ0) is 14.3. The third-order valence-electron chi connectivity index (χ3n) is 3.49. The average Bonchev–Trinajstić information content (AvgIpc) is 2.71. The van der Waals surface area contributed by atoms with Crippen molar-refractivity contribution in [2.45, 2.75) is 6.92 Å². The molecule has 0 unspecified atom stereocenters. The molecule has 0 aliphatic rings. The van der Waals surface area contributed by atoms with E-state index in [9.17, 15) is 9.59 Å². The molecular formula is C16H14N2O2. The maximum atomic E-state index is 12.7. The van der Waals surface area contributed by atoms with Crippen LogP contribution in [0.5, 0.6) is 0 Å². The molecular weight excluding hydrogens is 252 g/mol. The number of nitrogens with zero attached hydrogens (tertiary/aromatic N) is 1. The molecule has 0 aliphatic carbocycles. The van der Waals surface area contributed by atoms with E-state index in [4.69, 9.17) is 0 Å². The predicted octanol–water partition coefficient (Wildman–Crippen LogP) is 2.41. The maximum absolute atomic E-state index is 12.7. The van der Waals surface area contributed by atoms with Gasteiger partial charge in [0.05, 0.1) is 0 Å². The van der Waals surface area contributed by atoms with Crippen LogP contribution in [0, 0.1) is 6.92 Å². The predicted molar refractivity (Wildman–Crippen MR) is 78.2 cm³/mol. The van der Waals surface area contributed by atoms with Crippen LogP contribution in [0.3, 0.4) is 0 Å². The lowest BCUT2D eigenvalue weighted by molar-refractivity contribution is 0.103. The molecule has 0 atom stereocenters. The average molecular weight is 266 g/mol. The fourth-order valence-electron chi connectivity index (χ4n) is 2.51. The first-order valence-corrected chi connectivity index (χ1v) is 6.37. The molecule has 100 valence electrons. The lowest BCUT2D eigenvalue weighted by atomic mass is 9.97. The first-order chi connectivity index (χ1) is 9.59. The number of aromatic nitrogens is 2. The first-order valence-electron chi connectivity index (χ1n) is 6.37. The van der Waals surface area contributed by atoms with Gasteiger partial charge < -0.3 is 0 Å². The van der Waals surface area contributed by atoms with Crippen LogP contribution in [0.25, 0.3) is 10.8 Å². The minimum atomic E-state index is -0.291. The van der Waals surface area contributed by atoms with Gasteiger partial charge in [0.2, 0.25) is 5.78 Å². The summed E-state index contributed by atoms with van der Waals surface area (Å²) in [5.74, 6) is -0.235. The van der Waals surface area contributed by atoms with Gasteiger partial charge in [0.25, 0.3) is 5.56 Å². The summed E-state index contributed by atoms with van der Waals surface area (Å²) >= 11 is 0. The molecule has 20 heavy (non-hydrogen) atoms. The van der Waals surface area contributed by atoms with Gasteiger partial charge in [0.1, 0.15) is 5.56 Å². The van der Waals surface area contributed by atoms with E-state index in [1.165, 1.54) is 4.68 Å². The van der Waals surface area contributed by atoms with E-state index in [0.29, 0.717) is 11.3 Å². The molecule has 3 rings (SSSR count). The standard InChI is InChI=1S/C16H14N2O2/c1-10-14(16(20)18(2)17-10)15(19)13-9-5-7-11-6-3-4-8-12(11)13/h3-9,17H,1-2H3. The molecule has 4 heteroatoms. The Labute approximate surface area is 115 Å². The van der Waals surface area contributed by atoms with Gasteiger partial charge in [-0.15, -0.1) is 0 Å². The molecule has 4 nitrogen and oxygen atoms in total. The number of aromatic amines is 1. The normalized spacial score (nSPS) is 10.9. The first kappa shape index (κ1) is 12.4. The Kier molecular flexibility index (Phi) is 2.79. The molecule has 0 aliphatic heterocycles. The highest BCUT2D eigenvalue weighted by Gasteiger charge is 2.20. The summed E-state index contributed by atoms with van der Waals surface area (Å²) < 4.78 is 1.33. The van der Waals surface area contributed by atoms with Gasteiger partial charge >= 0.3 is 0 Å². The van der Waals surface area contributed by atoms with E-state index in [1.807, 2.05) is 36.4 Å². The third kappa shape index (κ3) is 1.77. The van der Waals surface area contributed by atoms with Crippen molar-refractivity contribution in [2.75, 3.05) is 0 Å². The number of carbonyl (C=O) groups excluding carboxylic acids is 1. The number of carbonyl (C=O) groups is 1. The lowest BCUT2D eigenvalue weighted by Gasteiger charge is -2.04. The number of aryl methyl sites for hydroxylation is 2. The van der Waals surface area contributed by atoms with E-state index < -0.39 is 0 Å². The number of ketones is 1. The molecule has 0 saturated carbocycles. The number of fused-ring (bicyclic) bond motifs is 1. The molecule has 0 radical (unpaired) electrons. The lowest BCUT2D eigenvalue weighted by Crippen LogP contribution is -2.19. The molecule has 1 aromatic heterocycles. The summed E-state index contributed by atoms with van der Waals surface area (Å²) in [6, 6.07) is 13.2. The Hall–Kier alpha value is -2.62. The smallest absolute Gasteiger partial charge is 0.277 e. The fraction of sp³-hybridized carbons (Fsp3) is 0.125. The van der Waals surface area contributed by atoms with Crippen LogP contribution in [0.15, 0.2) is 47.3 Å². The highest BCUT2D eigenvalue weighted by atomic mass is 16.2. The van der Waals surface area contributed by atoms with Gasteiger partial charge in [-0.25, -0.2) is 0 Å². The molecule has 0 amide bonds. The Bertz CT molecular complexity index is 866. The van der Waals surface area contributed by atoms with Crippen molar-refractivity contribution >= 4 is 16.6 Å². The van der Waals surface area contributed by atoms with Gasteiger partial charge in [-0.05, 0) is 17.7 Å². The van der Waals surface area contributed by atoms with Gasteiger partial charge in [0, 0.05) is 18.3 Å². The van der Waals surface area contributed by atoms with Crippen molar-refractivity contribution in [1.82, 2.24) is 9.78 Å². The summed E-state index contributed by atoms with van der Waals surface area (Å²) in [5.41, 5.74) is 1.07. The summed E-state index contributed by atoms with van der Waals surface area (Å²) in [6.45, 7) is 1.74. The van der Waals surface area contributed by atoms with Gasteiger partial charge in [0.15, 0.2) is 0 Å². The van der Waals surface area contributed by atoms with Gasteiger partial charge in [-0.1, -0.05) is 42.5 Å². The Morgan fingerprint density at radius 1 is 1.10 bits per heavy atom. The van der Waals surface area contributed by atoms with Crippen LogP contribution in [0.2, 0.25) is 0 Å². The van der Waals surface area contributed by atoms with Gasteiger partial charge in [-0.2, -0.15) is 0 Å². The van der Waals surface area contributed by atoms with Crippen molar-refractivity contribution in [3.63, 3.8) is 0 Å². The van der Waals surface area contributed by atoms with Crippen LogP contribution in [0.1, 0.15) is 21.6 Å². The molecule has 0 fully saturated rings. The highest BCUT2D eigenvalue weighted by molar-refractivity contribution is 6.16. The number of benzene rings is 2. The Morgan fingerprint density at radius 3 is 2.50 bits per heavy atom. The van der Waals surface area contributed by atoms with E-state index in [0.717, 1.165) is 10.8 Å². The monoisotopic (exact) mass is 266 g/mol. The second-order valence-corrected chi connectivity index (χ2v) is 4.83. The zero-order valence-electron chi connectivity index (χ0n) is 11.3. The summed E-state index contributed by atoms with van der Waals surface area (Å²) in [4.78, 5) is 24.7. The third-order valence-corrected chi connectivity index (χ3v) is 3.49. The summed E-state index contributed by atoms with van der Waals surface area (Å²) in [6.07, 6.45) is 0. The summed E-state index contributed by atoms with van der Waals surface area (Å²) in [5, 5.41) is 4.71. The Balaban J connectivity index is 2.26. The van der Waals surface area contributed by atoms with Crippen LogP contribution in [-0.4, -0.2) is 15.6 Å². The molecule has 1 N–H and O–H groups in total. The number of hydrogen-bond acceptors (Lipinski definition) is 2. The second-order valence-electron chi connectivity index (χ2n) is 4.83. The van der Waals surface area contributed by atoms with Crippen molar-refractivity contribution in [3.8, 4) is 0 Å². The quantitative estimate of drug-likeness (QED) is 0.724. The fourth-order valence-corrected chi connectivity index (χ4v) is 2.51. The SMILES string of the molecule is Cc1[nH]n(C)c(=O)c1C(=O)c1cccc2ccccc12. The minimum Gasteiger partial charge on any atom is -0.299 e. The second kappa shape index (κ2) is 4.49. The van der Waals surface area contributed by atoms with Crippen LogP contribution >= 0.6 is 0 Å².